The molecule has 0 bridgehead atoms. The fourth-order valence-corrected chi connectivity index (χ4v) is 1.56. The Kier molecular flexibility index (Phi) is 2.78. The van der Waals surface area contributed by atoms with Crippen molar-refractivity contribution < 1.29 is 14.3 Å². The van der Waals surface area contributed by atoms with E-state index in [2.05, 4.69) is 0 Å². The number of carboxylic acids is 1. The Balaban J connectivity index is 2.71. The molecule has 0 saturated heterocycles. The van der Waals surface area contributed by atoms with E-state index in [1.54, 1.807) is 5.38 Å². The van der Waals surface area contributed by atoms with Gasteiger partial charge in [0.1, 0.15) is 0 Å². The SMILES string of the molecule is NC(CC(=O)O)c1ccsc1F. The van der Waals surface area contributed by atoms with Gasteiger partial charge in [0, 0.05) is 11.6 Å². The van der Waals surface area contributed by atoms with Gasteiger partial charge in [-0.25, -0.2) is 0 Å². The van der Waals surface area contributed by atoms with Crippen LogP contribution in [-0.4, -0.2) is 11.1 Å². The lowest BCUT2D eigenvalue weighted by molar-refractivity contribution is -0.137. The van der Waals surface area contributed by atoms with E-state index in [4.69, 9.17) is 10.8 Å². The molecule has 5 heteroatoms. The summed E-state index contributed by atoms with van der Waals surface area (Å²) in [5.41, 5.74) is 5.71. The van der Waals surface area contributed by atoms with E-state index < -0.39 is 17.1 Å². The largest absolute Gasteiger partial charge is 0.481 e. The van der Waals surface area contributed by atoms with Crippen LogP contribution in [0, 0.1) is 5.13 Å². The Bertz CT molecular complexity index is 287. The van der Waals surface area contributed by atoms with Gasteiger partial charge in [-0.3, -0.25) is 4.79 Å². The second kappa shape index (κ2) is 3.64. The Morgan fingerprint density at radius 3 is 2.92 bits per heavy atom. The number of halogens is 1. The van der Waals surface area contributed by atoms with Crippen molar-refractivity contribution in [3.8, 4) is 0 Å². The Morgan fingerprint density at radius 1 is 1.83 bits per heavy atom. The number of hydrogen-bond acceptors (Lipinski definition) is 3. The van der Waals surface area contributed by atoms with Crippen LogP contribution >= 0.6 is 11.3 Å². The van der Waals surface area contributed by atoms with Crippen molar-refractivity contribution in [1.82, 2.24) is 0 Å². The highest BCUT2D eigenvalue weighted by Crippen LogP contribution is 2.21. The van der Waals surface area contributed by atoms with Crippen molar-refractivity contribution in [1.29, 1.82) is 0 Å². The first kappa shape index (κ1) is 9.15. The molecule has 3 nitrogen and oxygen atoms in total. The third-order valence-electron chi connectivity index (χ3n) is 1.44. The third kappa shape index (κ3) is 2.02. The number of carbonyl (C=O) groups is 1. The van der Waals surface area contributed by atoms with E-state index in [0.29, 0.717) is 0 Å². The lowest BCUT2D eigenvalue weighted by atomic mass is 10.1. The first-order valence-electron chi connectivity index (χ1n) is 3.31. The quantitative estimate of drug-likeness (QED) is 0.754. The summed E-state index contributed by atoms with van der Waals surface area (Å²) >= 11 is 0.920. The second-order valence-electron chi connectivity index (χ2n) is 2.35. The molecule has 0 fully saturated rings. The second-order valence-corrected chi connectivity index (χ2v) is 3.22. The van der Waals surface area contributed by atoms with Crippen LogP contribution in [0.15, 0.2) is 11.4 Å². The van der Waals surface area contributed by atoms with Crippen molar-refractivity contribution in [3.63, 3.8) is 0 Å². The highest BCUT2D eigenvalue weighted by atomic mass is 32.1. The van der Waals surface area contributed by atoms with Gasteiger partial charge in [0.25, 0.3) is 0 Å². The molecule has 1 atom stereocenters. The minimum atomic E-state index is -1.02. The lowest BCUT2D eigenvalue weighted by Crippen LogP contribution is -2.15. The van der Waals surface area contributed by atoms with Gasteiger partial charge in [-0.15, -0.1) is 11.3 Å². The van der Waals surface area contributed by atoms with Gasteiger partial charge in [-0.2, -0.15) is 4.39 Å². The fourth-order valence-electron chi connectivity index (χ4n) is 0.868. The molecule has 0 saturated carbocycles. The zero-order valence-corrected chi connectivity index (χ0v) is 6.97. The molecule has 0 aliphatic carbocycles. The predicted molar refractivity (Wildman–Crippen MR) is 43.5 cm³/mol. The van der Waals surface area contributed by atoms with Crippen LogP contribution in [0.2, 0.25) is 0 Å². The molecular formula is C7H8FNO2S. The number of rotatable bonds is 3. The first-order valence-corrected chi connectivity index (χ1v) is 4.19. The number of thiophene rings is 1. The molecule has 0 aliphatic rings. The Morgan fingerprint density at radius 2 is 2.50 bits per heavy atom. The van der Waals surface area contributed by atoms with Gasteiger partial charge in [-0.1, -0.05) is 0 Å². The molecule has 1 aromatic rings. The molecule has 3 N–H and O–H groups in total. The van der Waals surface area contributed by atoms with Crippen molar-refractivity contribution in [2.45, 2.75) is 12.5 Å². The number of aliphatic carboxylic acids is 1. The van der Waals surface area contributed by atoms with Crippen molar-refractivity contribution >= 4 is 17.3 Å². The van der Waals surface area contributed by atoms with Crippen LogP contribution in [0.25, 0.3) is 0 Å². The summed E-state index contributed by atoms with van der Waals surface area (Å²) in [6, 6.07) is 0.766. The average molecular weight is 189 g/mol. The molecule has 1 unspecified atom stereocenters. The van der Waals surface area contributed by atoms with Crippen molar-refractivity contribution in [2.75, 3.05) is 0 Å². The number of nitrogens with two attached hydrogens (primary N) is 1. The standard InChI is InChI=1S/C7H8FNO2S/c8-7-4(1-2-12-7)5(9)3-6(10)11/h1-2,5H,3,9H2,(H,10,11). The van der Waals surface area contributed by atoms with Gasteiger partial charge in [0.15, 0.2) is 5.13 Å². The minimum absolute atomic E-state index is 0.242. The van der Waals surface area contributed by atoms with Crippen LogP contribution in [0.1, 0.15) is 18.0 Å². The van der Waals surface area contributed by atoms with E-state index in [-0.39, 0.29) is 12.0 Å². The first-order chi connectivity index (χ1) is 5.61. The third-order valence-corrected chi connectivity index (χ3v) is 2.15. The van der Waals surface area contributed by atoms with Gasteiger partial charge in [0.05, 0.1) is 6.42 Å². The molecule has 0 aromatic carbocycles. The predicted octanol–water partition coefficient (Wildman–Crippen LogP) is 1.36. The van der Waals surface area contributed by atoms with Gasteiger partial charge in [-0.05, 0) is 11.4 Å². The van der Waals surface area contributed by atoms with E-state index >= 15 is 0 Å². The van der Waals surface area contributed by atoms with E-state index in [1.165, 1.54) is 6.07 Å². The summed E-state index contributed by atoms with van der Waals surface area (Å²) < 4.78 is 12.8. The molecule has 66 valence electrons. The highest BCUT2D eigenvalue weighted by molar-refractivity contribution is 7.08. The maximum Gasteiger partial charge on any atom is 0.305 e. The zero-order valence-electron chi connectivity index (χ0n) is 6.16. The monoisotopic (exact) mass is 189 g/mol. The minimum Gasteiger partial charge on any atom is -0.481 e. The maximum atomic E-state index is 12.8. The maximum absolute atomic E-state index is 12.8. The molecule has 0 amide bonds. The van der Waals surface area contributed by atoms with Crippen LogP contribution < -0.4 is 5.73 Å². The van der Waals surface area contributed by atoms with Crippen molar-refractivity contribution in [2.24, 2.45) is 5.73 Å². The van der Waals surface area contributed by atoms with Crippen LogP contribution in [0.3, 0.4) is 0 Å². The molecule has 1 aromatic heterocycles. The van der Waals surface area contributed by atoms with Crippen molar-refractivity contribution in [3.05, 3.63) is 22.1 Å². The molecule has 0 aliphatic heterocycles. The Labute approximate surface area is 72.6 Å². The summed E-state index contributed by atoms with van der Waals surface area (Å²) in [5, 5.41) is 9.52. The van der Waals surface area contributed by atoms with Crippen LogP contribution in [-0.2, 0) is 4.79 Å². The lowest BCUT2D eigenvalue weighted by Gasteiger charge is -2.05. The Hall–Kier alpha value is -0.940. The fraction of sp³-hybridized carbons (Fsp3) is 0.286. The number of hydrogen-bond donors (Lipinski definition) is 2. The van der Waals surface area contributed by atoms with E-state index in [9.17, 15) is 9.18 Å². The van der Waals surface area contributed by atoms with Gasteiger partial charge >= 0.3 is 5.97 Å². The van der Waals surface area contributed by atoms with Crippen LogP contribution in [0.5, 0.6) is 0 Å². The molecular weight excluding hydrogens is 181 g/mol. The average Bonchev–Trinajstić information content (AvgIpc) is 2.33. The molecule has 0 spiro atoms. The summed E-state index contributed by atoms with van der Waals surface area (Å²) in [5.74, 6) is -1.02. The molecule has 1 heterocycles. The summed E-state index contributed by atoms with van der Waals surface area (Å²) in [4.78, 5) is 10.2. The molecule has 12 heavy (non-hydrogen) atoms. The molecule has 1 rings (SSSR count). The summed E-state index contributed by atoms with van der Waals surface area (Å²) in [6.07, 6.45) is -0.242. The zero-order chi connectivity index (χ0) is 9.14. The normalized spacial score (nSPS) is 12.8. The number of carboxylic acid groups (broad SMARTS) is 1. The summed E-state index contributed by atoms with van der Waals surface area (Å²) in [7, 11) is 0. The van der Waals surface area contributed by atoms with E-state index in [0.717, 1.165) is 11.3 Å². The van der Waals surface area contributed by atoms with Crippen LogP contribution in [0.4, 0.5) is 4.39 Å². The van der Waals surface area contributed by atoms with Gasteiger partial charge < -0.3 is 10.8 Å². The summed E-state index contributed by atoms with van der Waals surface area (Å²) in [6.45, 7) is 0. The highest BCUT2D eigenvalue weighted by Gasteiger charge is 2.15. The van der Waals surface area contributed by atoms with E-state index in [1.807, 2.05) is 0 Å². The topological polar surface area (TPSA) is 63.3 Å². The van der Waals surface area contributed by atoms with Gasteiger partial charge in [0.2, 0.25) is 0 Å². The molecule has 0 radical (unpaired) electrons. The smallest absolute Gasteiger partial charge is 0.305 e.